The van der Waals surface area contributed by atoms with Gasteiger partial charge in [-0.2, -0.15) is 11.8 Å². The van der Waals surface area contributed by atoms with Crippen LogP contribution in [0.5, 0.6) is 0 Å². The zero-order chi connectivity index (χ0) is 15.4. The highest BCUT2D eigenvalue weighted by Gasteiger charge is 2.13. The fraction of sp³-hybridized carbons (Fsp3) is 0.167. The topological polar surface area (TPSA) is 53.1 Å². The molecule has 0 bridgehead atoms. The smallest absolute Gasteiger partial charge is 0.174 e. The maximum Gasteiger partial charge on any atom is 0.174 e. The lowest BCUT2D eigenvalue weighted by Crippen LogP contribution is -2.06. The minimum absolute atomic E-state index is 0.0858. The number of hydrogen-bond donors (Lipinski definition) is 2. The first-order valence-corrected chi connectivity index (χ1v) is 8.31. The molecular weight excluding hydrogens is 294 g/mol. The van der Waals surface area contributed by atoms with Gasteiger partial charge in [0.25, 0.3) is 0 Å². The summed E-state index contributed by atoms with van der Waals surface area (Å²) in [5, 5.41) is 11.1. The van der Waals surface area contributed by atoms with Gasteiger partial charge in [-0.05, 0) is 11.6 Å². The van der Waals surface area contributed by atoms with Crippen LogP contribution in [0.2, 0.25) is 0 Å². The second-order valence-electron chi connectivity index (χ2n) is 5.11. The van der Waals surface area contributed by atoms with E-state index in [1.807, 2.05) is 54.6 Å². The number of benzene rings is 2. The van der Waals surface area contributed by atoms with E-state index in [-0.39, 0.29) is 5.78 Å². The highest BCUT2D eigenvalue weighted by atomic mass is 32.2. The molecular formula is C18H17NO2S. The summed E-state index contributed by atoms with van der Waals surface area (Å²) in [6.07, 6.45) is 1.23. The lowest BCUT2D eigenvalue weighted by Gasteiger charge is -2.09. The number of carbonyl (C=O) groups is 1. The van der Waals surface area contributed by atoms with E-state index in [4.69, 9.17) is 0 Å². The van der Waals surface area contributed by atoms with Crippen LogP contribution in [0.3, 0.4) is 0 Å². The van der Waals surface area contributed by atoms with Crippen molar-refractivity contribution in [2.24, 2.45) is 0 Å². The maximum absolute atomic E-state index is 12.3. The third-order valence-corrected chi connectivity index (χ3v) is 4.60. The normalized spacial score (nSPS) is 12.4. The zero-order valence-electron chi connectivity index (χ0n) is 12.0. The molecule has 0 spiro atoms. The van der Waals surface area contributed by atoms with Gasteiger partial charge in [0.05, 0.1) is 11.9 Å². The van der Waals surface area contributed by atoms with E-state index in [0.29, 0.717) is 11.5 Å². The van der Waals surface area contributed by atoms with E-state index in [9.17, 15) is 9.90 Å². The summed E-state index contributed by atoms with van der Waals surface area (Å²) in [6.45, 7) is 0. The fourth-order valence-corrected chi connectivity index (χ4v) is 3.29. The summed E-state index contributed by atoms with van der Waals surface area (Å²) >= 11 is 1.46. The van der Waals surface area contributed by atoms with Gasteiger partial charge >= 0.3 is 0 Å². The minimum Gasteiger partial charge on any atom is -0.388 e. The monoisotopic (exact) mass is 311 g/mol. The number of fused-ring (bicyclic) bond motifs is 1. The quantitative estimate of drug-likeness (QED) is 0.681. The molecule has 1 aromatic heterocycles. The summed E-state index contributed by atoms with van der Waals surface area (Å²) in [5.41, 5.74) is 2.58. The first-order chi connectivity index (χ1) is 10.8. The molecule has 0 saturated heterocycles. The first-order valence-electron chi connectivity index (χ1n) is 7.16. The van der Waals surface area contributed by atoms with Crippen LogP contribution in [0.25, 0.3) is 10.9 Å². The van der Waals surface area contributed by atoms with Crippen molar-refractivity contribution >= 4 is 28.4 Å². The Morgan fingerprint density at radius 2 is 1.82 bits per heavy atom. The Bertz CT molecular complexity index is 767. The van der Waals surface area contributed by atoms with E-state index >= 15 is 0 Å². The third-order valence-electron chi connectivity index (χ3n) is 3.58. The van der Waals surface area contributed by atoms with Crippen LogP contribution in [0.15, 0.2) is 60.8 Å². The second kappa shape index (κ2) is 6.81. The van der Waals surface area contributed by atoms with Gasteiger partial charge in [0.2, 0.25) is 0 Å². The van der Waals surface area contributed by atoms with Crippen molar-refractivity contribution in [3.05, 3.63) is 71.9 Å². The molecule has 3 rings (SSSR count). The van der Waals surface area contributed by atoms with Gasteiger partial charge in [0.15, 0.2) is 5.78 Å². The number of para-hydroxylation sites is 1. The Kier molecular flexibility index (Phi) is 4.61. The SMILES string of the molecule is O=C(CSC[C@@H](O)c1ccccc1)c1c[nH]c2ccccc12. The van der Waals surface area contributed by atoms with Crippen molar-refractivity contribution in [2.45, 2.75) is 6.10 Å². The van der Waals surface area contributed by atoms with E-state index in [1.165, 1.54) is 11.8 Å². The minimum atomic E-state index is -0.540. The summed E-state index contributed by atoms with van der Waals surface area (Å²) in [6, 6.07) is 17.3. The van der Waals surface area contributed by atoms with Crippen molar-refractivity contribution in [2.75, 3.05) is 11.5 Å². The van der Waals surface area contributed by atoms with E-state index in [0.717, 1.165) is 22.0 Å². The van der Waals surface area contributed by atoms with Gasteiger partial charge in [-0.1, -0.05) is 48.5 Å². The molecule has 3 aromatic rings. The lowest BCUT2D eigenvalue weighted by molar-refractivity contribution is 0.102. The van der Waals surface area contributed by atoms with Gasteiger partial charge in [0, 0.05) is 28.4 Å². The molecule has 0 amide bonds. The van der Waals surface area contributed by atoms with Crippen molar-refractivity contribution in [3.63, 3.8) is 0 Å². The summed E-state index contributed by atoms with van der Waals surface area (Å²) in [4.78, 5) is 15.4. The molecule has 0 aliphatic heterocycles. The summed E-state index contributed by atoms with van der Waals surface area (Å²) in [5.74, 6) is 0.965. The van der Waals surface area contributed by atoms with Gasteiger partial charge in [-0.25, -0.2) is 0 Å². The zero-order valence-corrected chi connectivity index (χ0v) is 12.8. The maximum atomic E-state index is 12.3. The largest absolute Gasteiger partial charge is 0.388 e. The van der Waals surface area contributed by atoms with Crippen LogP contribution < -0.4 is 0 Å². The molecule has 2 aromatic carbocycles. The third kappa shape index (κ3) is 3.24. The predicted octanol–water partition coefficient (Wildman–Crippen LogP) is 3.82. The van der Waals surface area contributed by atoms with Crippen molar-refractivity contribution in [1.29, 1.82) is 0 Å². The molecule has 22 heavy (non-hydrogen) atoms. The van der Waals surface area contributed by atoms with Crippen molar-refractivity contribution in [1.82, 2.24) is 4.98 Å². The van der Waals surface area contributed by atoms with Gasteiger partial charge in [-0.15, -0.1) is 0 Å². The molecule has 4 heteroatoms. The van der Waals surface area contributed by atoms with Crippen molar-refractivity contribution in [3.8, 4) is 0 Å². The Morgan fingerprint density at radius 1 is 1.09 bits per heavy atom. The average molecular weight is 311 g/mol. The first kappa shape index (κ1) is 14.9. The van der Waals surface area contributed by atoms with Crippen LogP contribution >= 0.6 is 11.8 Å². The Hall–Kier alpha value is -2.04. The Balaban J connectivity index is 1.59. The number of ketones is 1. The number of Topliss-reactive ketones (excluding diaryl/α,β-unsaturated/α-hetero) is 1. The molecule has 0 fully saturated rings. The fourth-order valence-electron chi connectivity index (χ4n) is 2.41. The number of aliphatic hydroxyl groups excluding tert-OH is 1. The van der Waals surface area contributed by atoms with Crippen LogP contribution in [-0.2, 0) is 0 Å². The van der Waals surface area contributed by atoms with Crippen LogP contribution in [0.1, 0.15) is 22.0 Å². The number of H-pyrrole nitrogens is 1. The molecule has 0 aliphatic rings. The Morgan fingerprint density at radius 3 is 2.64 bits per heavy atom. The summed E-state index contributed by atoms with van der Waals surface area (Å²) in [7, 11) is 0. The molecule has 0 saturated carbocycles. The number of hydrogen-bond acceptors (Lipinski definition) is 3. The van der Waals surface area contributed by atoms with Gasteiger partial charge in [-0.3, -0.25) is 4.79 Å². The standard InChI is InChI=1S/C18H17NO2S/c20-17(13-6-2-1-3-7-13)11-22-12-18(21)15-10-19-16-9-5-4-8-14(15)16/h1-10,17,19-20H,11-12H2/t17-/m1/s1. The molecule has 2 N–H and O–H groups in total. The number of carbonyl (C=O) groups excluding carboxylic acids is 1. The number of aromatic nitrogens is 1. The molecule has 1 atom stereocenters. The van der Waals surface area contributed by atoms with Gasteiger partial charge in [0.1, 0.15) is 0 Å². The Labute approximate surface area is 133 Å². The lowest BCUT2D eigenvalue weighted by atomic mass is 10.1. The van der Waals surface area contributed by atoms with E-state index in [1.54, 1.807) is 6.20 Å². The molecule has 1 heterocycles. The number of aliphatic hydroxyl groups is 1. The van der Waals surface area contributed by atoms with E-state index < -0.39 is 6.10 Å². The average Bonchev–Trinajstić information content (AvgIpc) is 2.99. The highest BCUT2D eigenvalue weighted by molar-refractivity contribution is 8.00. The predicted molar refractivity (Wildman–Crippen MR) is 91.4 cm³/mol. The second-order valence-corrected chi connectivity index (χ2v) is 6.14. The summed E-state index contributed by atoms with van der Waals surface area (Å²) < 4.78 is 0. The molecule has 3 nitrogen and oxygen atoms in total. The van der Waals surface area contributed by atoms with Gasteiger partial charge < -0.3 is 10.1 Å². The molecule has 0 unspecified atom stereocenters. The van der Waals surface area contributed by atoms with Crippen LogP contribution in [-0.4, -0.2) is 27.4 Å². The van der Waals surface area contributed by atoms with Crippen LogP contribution in [0, 0.1) is 0 Å². The number of rotatable bonds is 6. The van der Waals surface area contributed by atoms with Crippen LogP contribution in [0.4, 0.5) is 0 Å². The molecule has 0 aliphatic carbocycles. The molecule has 112 valence electrons. The molecule has 0 radical (unpaired) electrons. The van der Waals surface area contributed by atoms with Crippen molar-refractivity contribution < 1.29 is 9.90 Å². The number of aromatic amines is 1. The highest BCUT2D eigenvalue weighted by Crippen LogP contribution is 2.22. The number of nitrogens with one attached hydrogen (secondary N) is 1. The van der Waals surface area contributed by atoms with E-state index in [2.05, 4.69) is 4.98 Å². The number of thioether (sulfide) groups is 1.